The summed E-state index contributed by atoms with van der Waals surface area (Å²) in [6.07, 6.45) is 1.10. The van der Waals surface area contributed by atoms with Crippen LogP contribution in [0, 0.1) is 0 Å². The average molecular weight is 116 g/mol. The smallest absolute Gasteiger partial charge is 0.134 e. The second-order valence-electron chi connectivity index (χ2n) is 1.56. The molecule has 0 bridgehead atoms. The number of nitrogens with one attached hydrogen (secondary N) is 1. The molecule has 0 saturated heterocycles. The van der Waals surface area contributed by atoms with Gasteiger partial charge in [0.15, 0.2) is 0 Å². The van der Waals surface area contributed by atoms with E-state index in [9.17, 15) is 0 Å². The fraction of sp³-hybridized carbons (Fsp3) is 0.800. The molecule has 0 amide bonds. The van der Waals surface area contributed by atoms with Gasteiger partial charge in [0.05, 0.1) is 0 Å². The van der Waals surface area contributed by atoms with Crippen molar-refractivity contribution >= 4 is 17.7 Å². The summed E-state index contributed by atoms with van der Waals surface area (Å²) in [6.45, 7) is 4.17. The Hall–Kier alpha value is -0.110. The highest BCUT2D eigenvalue weighted by atomic mass is 32.1. The summed E-state index contributed by atoms with van der Waals surface area (Å²) in [5.74, 6) is 0. The molecule has 0 fully saturated rings. The zero-order chi connectivity index (χ0) is 5.70. The van der Waals surface area contributed by atoms with Crippen molar-refractivity contribution in [3.63, 3.8) is 0 Å². The molecule has 0 aromatic heterocycles. The molecule has 7 heavy (non-hydrogen) atoms. The molecule has 0 aliphatic rings. The van der Waals surface area contributed by atoms with E-state index in [0.29, 0.717) is 6.04 Å². The van der Waals surface area contributed by atoms with Gasteiger partial charge in [-0.3, -0.25) is 0 Å². The van der Waals surface area contributed by atoms with E-state index in [1.54, 1.807) is 0 Å². The van der Waals surface area contributed by atoms with Crippen LogP contribution in [-0.4, -0.2) is 11.5 Å². The third-order valence-corrected chi connectivity index (χ3v) is 1.04. The molecule has 1 radical (unpaired) electrons. The van der Waals surface area contributed by atoms with Crippen LogP contribution in [0.15, 0.2) is 0 Å². The fourth-order valence-electron chi connectivity index (χ4n) is 0.203. The lowest BCUT2D eigenvalue weighted by Crippen LogP contribution is -2.21. The second kappa shape index (κ2) is 4.06. The largest absolute Gasteiger partial charge is 0.371 e. The molecule has 0 aliphatic carbocycles. The predicted molar refractivity (Wildman–Crippen MR) is 35.5 cm³/mol. The molecule has 0 saturated carbocycles. The summed E-state index contributed by atoms with van der Waals surface area (Å²) in [5, 5.41) is 2.86. The Morgan fingerprint density at radius 2 is 2.43 bits per heavy atom. The second-order valence-corrected chi connectivity index (χ2v) is 1.76. The lowest BCUT2D eigenvalue weighted by Gasteiger charge is -2.03. The third-order valence-electron chi connectivity index (χ3n) is 0.918. The highest BCUT2D eigenvalue weighted by molar-refractivity contribution is 7.78. The monoisotopic (exact) mass is 116 g/mol. The topological polar surface area (TPSA) is 12.0 Å². The van der Waals surface area contributed by atoms with E-state index in [1.807, 2.05) is 0 Å². The van der Waals surface area contributed by atoms with Crippen LogP contribution >= 0.6 is 12.2 Å². The Balaban J connectivity index is 2.98. The Kier molecular flexibility index (Phi) is 4.00. The molecule has 0 spiro atoms. The summed E-state index contributed by atoms with van der Waals surface area (Å²) in [4.78, 5) is 0. The molecule has 1 nitrogen and oxygen atoms in total. The summed E-state index contributed by atoms with van der Waals surface area (Å²) in [5.41, 5.74) is 2.45. The zero-order valence-corrected chi connectivity index (χ0v) is 5.51. The van der Waals surface area contributed by atoms with Gasteiger partial charge in [-0.1, -0.05) is 19.1 Å². The molecule has 0 aliphatic heterocycles. The minimum atomic E-state index is 0.484. The van der Waals surface area contributed by atoms with Crippen LogP contribution in [0.25, 0.3) is 0 Å². The molecule has 0 aromatic carbocycles. The van der Waals surface area contributed by atoms with Gasteiger partial charge in [0, 0.05) is 6.04 Å². The first-order valence-electron chi connectivity index (χ1n) is 2.44. The molecule has 41 valence electrons. The Bertz CT molecular complexity index is 54.0. The standard InChI is InChI=1S/C5H10NS/c1-3-5(2)6-4-7/h5H,3H2,1-2H3,(H,6,7). The molecule has 1 unspecified atom stereocenters. The maximum absolute atomic E-state index is 4.43. The SMILES string of the molecule is CCC(C)N[C]=S. The highest BCUT2D eigenvalue weighted by Crippen LogP contribution is 1.83. The first-order valence-corrected chi connectivity index (χ1v) is 2.84. The summed E-state index contributed by atoms with van der Waals surface area (Å²) < 4.78 is 0. The quantitative estimate of drug-likeness (QED) is 0.439. The first-order chi connectivity index (χ1) is 3.31. The van der Waals surface area contributed by atoms with Gasteiger partial charge in [-0.15, -0.1) is 0 Å². The number of hydrogen-bond donors (Lipinski definition) is 1. The van der Waals surface area contributed by atoms with Crippen molar-refractivity contribution in [3.05, 3.63) is 0 Å². The van der Waals surface area contributed by atoms with Gasteiger partial charge in [-0.2, -0.15) is 0 Å². The average Bonchev–Trinajstić information content (AvgIpc) is 1.68. The van der Waals surface area contributed by atoms with E-state index in [4.69, 9.17) is 0 Å². The van der Waals surface area contributed by atoms with Gasteiger partial charge in [-0.25, -0.2) is 0 Å². The van der Waals surface area contributed by atoms with Crippen molar-refractivity contribution in [1.82, 2.24) is 5.32 Å². The molecular formula is C5H10NS. The number of rotatable bonds is 3. The summed E-state index contributed by atoms with van der Waals surface area (Å²) >= 11 is 4.43. The van der Waals surface area contributed by atoms with E-state index in [0.717, 1.165) is 6.42 Å². The zero-order valence-electron chi connectivity index (χ0n) is 4.69. The van der Waals surface area contributed by atoms with Gasteiger partial charge in [0.25, 0.3) is 0 Å². The van der Waals surface area contributed by atoms with E-state index in [1.165, 1.54) is 0 Å². The van der Waals surface area contributed by atoms with Gasteiger partial charge in [-0.05, 0) is 13.3 Å². The van der Waals surface area contributed by atoms with E-state index < -0.39 is 0 Å². The van der Waals surface area contributed by atoms with Crippen LogP contribution < -0.4 is 5.32 Å². The predicted octanol–water partition coefficient (Wildman–Crippen LogP) is 1.21. The molecule has 0 rings (SSSR count). The molecule has 0 heterocycles. The van der Waals surface area contributed by atoms with Crippen LogP contribution in [0.3, 0.4) is 0 Å². The highest BCUT2D eigenvalue weighted by Gasteiger charge is 1.89. The molecule has 2 heteroatoms. The van der Waals surface area contributed by atoms with Crippen LogP contribution in [0.5, 0.6) is 0 Å². The van der Waals surface area contributed by atoms with Crippen LogP contribution in [0.4, 0.5) is 0 Å². The lowest BCUT2D eigenvalue weighted by molar-refractivity contribution is 0.653. The van der Waals surface area contributed by atoms with Crippen molar-refractivity contribution in [2.45, 2.75) is 26.3 Å². The summed E-state index contributed by atoms with van der Waals surface area (Å²) in [6, 6.07) is 0.484. The molecular weight excluding hydrogens is 106 g/mol. The van der Waals surface area contributed by atoms with Gasteiger partial charge < -0.3 is 5.32 Å². The molecule has 1 atom stereocenters. The van der Waals surface area contributed by atoms with Crippen molar-refractivity contribution < 1.29 is 0 Å². The normalized spacial score (nSPS) is 12.9. The van der Waals surface area contributed by atoms with Crippen molar-refractivity contribution in [3.8, 4) is 0 Å². The van der Waals surface area contributed by atoms with Crippen LogP contribution in [0.2, 0.25) is 0 Å². The fourth-order valence-corrected chi connectivity index (χ4v) is 0.404. The van der Waals surface area contributed by atoms with Crippen molar-refractivity contribution in [2.24, 2.45) is 0 Å². The Morgan fingerprint density at radius 3 is 2.57 bits per heavy atom. The van der Waals surface area contributed by atoms with Crippen LogP contribution in [-0.2, 0) is 0 Å². The minimum Gasteiger partial charge on any atom is -0.371 e. The first kappa shape index (κ1) is 6.89. The van der Waals surface area contributed by atoms with Crippen LogP contribution in [0.1, 0.15) is 20.3 Å². The van der Waals surface area contributed by atoms with Gasteiger partial charge in [0.1, 0.15) is 5.49 Å². The van der Waals surface area contributed by atoms with Gasteiger partial charge in [0.2, 0.25) is 0 Å². The maximum atomic E-state index is 4.43. The van der Waals surface area contributed by atoms with Crippen molar-refractivity contribution in [2.75, 3.05) is 0 Å². The summed E-state index contributed by atoms with van der Waals surface area (Å²) in [7, 11) is 0. The molecule has 1 N–H and O–H groups in total. The van der Waals surface area contributed by atoms with Crippen molar-refractivity contribution in [1.29, 1.82) is 0 Å². The molecule has 0 aromatic rings. The Morgan fingerprint density at radius 1 is 1.86 bits per heavy atom. The van der Waals surface area contributed by atoms with Gasteiger partial charge >= 0.3 is 0 Å². The number of hydrogen-bond acceptors (Lipinski definition) is 1. The Labute approximate surface area is 50.1 Å². The maximum Gasteiger partial charge on any atom is 0.134 e. The number of thiocarbonyl (C=S) groups is 1. The van der Waals surface area contributed by atoms with E-state index in [-0.39, 0.29) is 0 Å². The third kappa shape index (κ3) is 3.73. The lowest BCUT2D eigenvalue weighted by atomic mass is 10.3. The minimum absolute atomic E-state index is 0.484. The van der Waals surface area contributed by atoms with E-state index in [2.05, 4.69) is 36.9 Å². The van der Waals surface area contributed by atoms with E-state index >= 15 is 0 Å².